The molecule has 2 aromatic rings. The number of rotatable bonds is 3. The maximum atomic E-state index is 12.0. The maximum absolute atomic E-state index is 12.0. The Labute approximate surface area is 115 Å². The van der Waals surface area contributed by atoms with Gasteiger partial charge in [0.15, 0.2) is 12.1 Å². The molecule has 2 unspecified atom stereocenters. The summed E-state index contributed by atoms with van der Waals surface area (Å²) in [6, 6.07) is 4.01. The highest BCUT2D eigenvalue weighted by Gasteiger charge is 2.27. The van der Waals surface area contributed by atoms with E-state index in [1.54, 1.807) is 13.1 Å². The minimum atomic E-state index is -0.248. The van der Waals surface area contributed by atoms with Gasteiger partial charge in [0, 0.05) is 18.8 Å². The molecule has 3 N–H and O–H groups in total. The van der Waals surface area contributed by atoms with Gasteiger partial charge in [-0.1, -0.05) is 6.07 Å². The number of nitrogens with one attached hydrogen (secondary N) is 3. The summed E-state index contributed by atoms with van der Waals surface area (Å²) in [6.07, 6.45) is 5.38. The lowest BCUT2D eigenvalue weighted by Gasteiger charge is -2.11. The van der Waals surface area contributed by atoms with Crippen LogP contribution >= 0.6 is 0 Å². The van der Waals surface area contributed by atoms with Gasteiger partial charge in [-0.25, -0.2) is 15.8 Å². The molecule has 3 rings (SSSR count). The van der Waals surface area contributed by atoms with Crippen molar-refractivity contribution in [3.05, 3.63) is 47.9 Å². The van der Waals surface area contributed by atoms with E-state index in [-0.39, 0.29) is 18.1 Å². The van der Waals surface area contributed by atoms with Crippen LogP contribution in [0, 0.1) is 6.92 Å². The molecular weight excluding hydrogens is 258 g/mol. The number of hydrazine groups is 1. The van der Waals surface area contributed by atoms with Gasteiger partial charge in [-0.2, -0.15) is 0 Å². The van der Waals surface area contributed by atoms with E-state index >= 15 is 0 Å². The van der Waals surface area contributed by atoms with Gasteiger partial charge in [-0.3, -0.25) is 9.78 Å². The Kier molecular flexibility index (Phi) is 3.44. The molecule has 0 spiro atoms. The van der Waals surface area contributed by atoms with Crippen molar-refractivity contribution in [3.63, 3.8) is 0 Å². The van der Waals surface area contributed by atoms with Gasteiger partial charge in [-0.15, -0.1) is 0 Å². The predicted molar refractivity (Wildman–Crippen MR) is 70.4 cm³/mol. The van der Waals surface area contributed by atoms with Crippen LogP contribution in [-0.4, -0.2) is 22.0 Å². The third kappa shape index (κ3) is 2.54. The normalized spacial score (nSPS) is 21.9. The molecule has 1 saturated heterocycles. The SMILES string of the molecule is Cc1ocnc1C(=O)NC1CC(c2cccnc2)NN1. The molecule has 104 valence electrons. The highest BCUT2D eigenvalue weighted by molar-refractivity contribution is 5.93. The van der Waals surface area contributed by atoms with Crippen molar-refractivity contribution in [2.45, 2.75) is 25.6 Å². The van der Waals surface area contributed by atoms with Gasteiger partial charge in [0.05, 0.1) is 12.2 Å². The summed E-state index contributed by atoms with van der Waals surface area (Å²) in [7, 11) is 0. The fourth-order valence-electron chi connectivity index (χ4n) is 2.20. The van der Waals surface area contributed by atoms with Gasteiger partial charge in [0.25, 0.3) is 5.91 Å². The van der Waals surface area contributed by atoms with E-state index in [0.717, 1.165) is 12.0 Å². The molecule has 20 heavy (non-hydrogen) atoms. The van der Waals surface area contributed by atoms with Gasteiger partial charge < -0.3 is 9.73 Å². The average Bonchev–Trinajstić information content (AvgIpc) is 3.09. The van der Waals surface area contributed by atoms with Crippen LogP contribution in [0.2, 0.25) is 0 Å². The first-order chi connectivity index (χ1) is 9.74. The van der Waals surface area contributed by atoms with Crippen LogP contribution in [0.1, 0.15) is 34.3 Å². The Bertz CT molecular complexity index is 598. The summed E-state index contributed by atoms with van der Waals surface area (Å²) < 4.78 is 5.02. The highest BCUT2D eigenvalue weighted by atomic mass is 16.3. The summed E-state index contributed by atoms with van der Waals surface area (Å²) in [5.74, 6) is 0.264. The van der Waals surface area contributed by atoms with E-state index in [1.165, 1.54) is 6.39 Å². The van der Waals surface area contributed by atoms with E-state index in [2.05, 4.69) is 26.1 Å². The monoisotopic (exact) mass is 273 g/mol. The molecule has 1 aliphatic rings. The van der Waals surface area contributed by atoms with Crippen molar-refractivity contribution in [1.82, 2.24) is 26.1 Å². The number of aryl methyl sites for hydroxylation is 1. The third-order valence-corrected chi connectivity index (χ3v) is 3.26. The summed E-state index contributed by atoms with van der Waals surface area (Å²) in [5.41, 5.74) is 7.58. The zero-order valence-corrected chi connectivity index (χ0v) is 11.0. The second-order valence-electron chi connectivity index (χ2n) is 4.65. The molecular formula is C13H15N5O2. The molecule has 0 bridgehead atoms. The molecule has 3 heterocycles. The molecule has 7 heteroatoms. The van der Waals surface area contributed by atoms with E-state index in [0.29, 0.717) is 11.5 Å². The number of aromatic nitrogens is 2. The molecule has 2 atom stereocenters. The summed E-state index contributed by atoms with van der Waals surface area (Å²) >= 11 is 0. The Morgan fingerprint density at radius 3 is 3.10 bits per heavy atom. The summed E-state index contributed by atoms with van der Waals surface area (Å²) in [5, 5.41) is 2.87. The van der Waals surface area contributed by atoms with Crippen LogP contribution in [0.4, 0.5) is 0 Å². The van der Waals surface area contributed by atoms with E-state index < -0.39 is 0 Å². The minimum Gasteiger partial charge on any atom is -0.448 e. The number of hydrogen-bond donors (Lipinski definition) is 3. The predicted octanol–water partition coefficient (Wildman–Crippen LogP) is 0.673. The fraction of sp³-hybridized carbons (Fsp3) is 0.308. The molecule has 0 aromatic carbocycles. The van der Waals surface area contributed by atoms with Crippen molar-refractivity contribution in [3.8, 4) is 0 Å². The van der Waals surface area contributed by atoms with Gasteiger partial charge in [0.1, 0.15) is 5.76 Å². The van der Waals surface area contributed by atoms with Crippen molar-refractivity contribution in [2.75, 3.05) is 0 Å². The topological polar surface area (TPSA) is 92.1 Å². The molecule has 1 fully saturated rings. The smallest absolute Gasteiger partial charge is 0.274 e. The first-order valence-corrected chi connectivity index (χ1v) is 6.36. The van der Waals surface area contributed by atoms with Crippen molar-refractivity contribution >= 4 is 5.91 Å². The molecule has 0 aliphatic carbocycles. The van der Waals surface area contributed by atoms with Crippen LogP contribution in [-0.2, 0) is 0 Å². The molecule has 2 aromatic heterocycles. The Hall–Kier alpha value is -2.25. The lowest BCUT2D eigenvalue weighted by molar-refractivity contribution is 0.0926. The molecule has 0 saturated carbocycles. The Morgan fingerprint density at radius 1 is 1.50 bits per heavy atom. The van der Waals surface area contributed by atoms with Crippen LogP contribution in [0.15, 0.2) is 35.3 Å². The van der Waals surface area contributed by atoms with Crippen molar-refractivity contribution in [2.24, 2.45) is 0 Å². The lowest BCUT2D eigenvalue weighted by atomic mass is 10.1. The van der Waals surface area contributed by atoms with Gasteiger partial charge in [-0.05, 0) is 18.6 Å². The van der Waals surface area contributed by atoms with Crippen LogP contribution in [0.25, 0.3) is 0 Å². The number of hydrogen-bond acceptors (Lipinski definition) is 6. The maximum Gasteiger partial charge on any atom is 0.274 e. The van der Waals surface area contributed by atoms with Crippen LogP contribution in [0.5, 0.6) is 0 Å². The first-order valence-electron chi connectivity index (χ1n) is 6.36. The molecule has 1 amide bonds. The van der Waals surface area contributed by atoms with E-state index in [1.807, 2.05) is 18.3 Å². The first kappa shape index (κ1) is 12.8. The largest absolute Gasteiger partial charge is 0.448 e. The van der Waals surface area contributed by atoms with Crippen molar-refractivity contribution < 1.29 is 9.21 Å². The Balaban J connectivity index is 1.61. The summed E-state index contributed by atoms with van der Waals surface area (Å²) in [6.45, 7) is 1.71. The molecule has 0 radical (unpaired) electrons. The number of amides is 1. The second-order valence-corrected chi connectivity index (χ2v) is 4.65. The third-order valence-electron chi connectivity index (χ3n) is 3.26. The van der Waals surface area contributed by atoms with E-state index in [4.69, 9.17) is 4.42 Å². The summed E-state index contributed by atoms with van der Waals surface area (Å²) in [4.78, 5) is 20.0. The number of carbonyl (C=O) groups is 1. The standard InChI is InChI=1S/C13H15N5O2/c1-8-12(15-7-20-8)13(19)16-11-5-10(17-18-11)9-3-2-4-14-6-9/h2-4,6-7,10-11,17-18H,5H2,1H3,(H,16,19). The fourth-order valence-corrected chi connectivity index (χ4v) is 2.20. The van der Waals surface area contributed by atoms with Crippen LogP contribution in [0.3, 0.4) is 0 Å². The Morgan fingerprint density at radius 2 is 2.40 bits per heavy atom. The van der Waals surface area contributed by atoms with E-state index in [9.17, 15) is 4.79 Å². The number of pyridine rings is 1. The number of nitrogens with zero attached hydrogens (tertiary/aromatic N) is 2. The second kappa shape index (κ2) is 5.40. The average molecular weight is 273 g/mol. The number of oxazole rings is 1. The van der Waals surface area contributed by atoms with Gasteiger partial charge >= 0.3 is 0 Å². The quantitative estimate of drug-likeness (QED) is 0.761. The zero-order chi connectivity index (χ0) is 13.9. The minimum absolute atomic E-state index is 0.118. The highest BCUT2D eigenvalue weighted by Crippen LogP contribution is 2.20. The lowest BCUT2D eigenvalue weighted by Crippen LogP contribution is -2.44. The van der Waals surface area contributed by atoms with Crippen LogP contribution < -0.4 is 16.2 Å². The molecule has 7 nitrogen and oxygen atoms in total. The van der Waals surface area contributed by atoms with Crippen molar-refractivity contribution in [1.29, 1.82) is 0 Å². The van der Waals surface area contributed by atoms with Gasteiger partial charge in [0.2, 0.25) is 0 Å². The number of carbonyl (C=O) groups excluding carboxylic acids is 1. The zero-order valence-electron chi connectivity index (χ0n) is 11.0. The molecule has 1 aliphatic heterocycles.